The molecule has 3 heterocycles. The van der Waals surface area contributed by atoms with E-state index in [2.05, 4.69) is 9.47 Å². The number of aromatic nitrogens is 1. The van der Waals surface area contributed by atoms with Crippen LogP contribution < -0.4 is 9.47 Å². The summed E-state index contributed by atoms with van der Waals surface area (Å²) in [6.45, 7) is 3.36. The highest BCUT2D eigenvalue weighted by Crippen LogP contribution is 2.41. The number of phenols is 2. The number of carbonyl (C=O) groups is 1. The summed E-state index contributed by atoms with van der Waals surface area (Å²) in [5.41, 5.74) is 1.84. The lowest BCUT2D eigenvalue weighted by Gasteiger charge is -2.29. The van der Waals surface area contributed by atoms with Gasteiger partial charge in [0.05, 0.1) is 13.2 Å². The summed E-state index contributed by atoms with van der Waals surface area (Å²) in [5, 5.41) is 30.5. The van der Waals surface area contributed by atoms with Crippen LogP contribution in [0.15, 0.2) is 42.3 Å². The largest absolute Gasteiger partial charge is 0.508 e. The first-order chi connectivity index (χ1) is 15.9. The van der Waals surface area contributed by atoms with Crippen LogP contribution in [0.1, 0.15) is 28.8 Å². The SMILES string of the molecule is COc1ccc2c(c1)c(C=C1Oc3cc(O)cc(O)c3C1=O)cn2CCN1CCC(O)CC1. The lowest BCUT2D eigenvalue weighted by molar-refractivity contribution is 0.0811. The summed E-state index contributed by atoms with van der Waals surface area (Å²) in [7, 11) is 1.61. The number of piperidine rings is 1. The summed E-state index contributed by atoms with van der Waals surface area (Å²) in [5.74, 6) is 0.00349. The van der Waals surface area contributed by atoms with Gasteiger partial charge in [0.25, 0.3) is 0 Å². The van der Waals surface area contributed by atoms with Crippen LogP contribution in [0.5, 0.6) is 23.0 Å². The molecule has 2 aliphatic heterocycles. The number of ether oxygens (including phenoxy) is 2. The van der Waals surface area contributed by atoms with Crippen molar-refractivity contribution in [1.82, 2.24) is 9.47 Å². The molecule has 5 rings (SSSR count). The van der Waals surface area contributed by atoms with Gasteiger partial charge in [-0.25, -0.2) is 0 Å². The predicted octanol–water partition coefficient (Wildman–Crippen LogP) is 3.13. The minimum Gasteiger partial charge on any atom is -0.508 e. The second kappa shape index (κ2) is 8.46. The number of hydrogen-bond donors (Lipinski definition) is 3. The Labute approximate surface area is 190 Å². The van der Waals surface area contributed by atoms with Gasteiger partial charge in [-0.05, 0) is 37.1 Å². The standard InChI is InChI=1S/C25H26N2O6/c1-32-18-2-3-20-19(13-18)15(14-27(20)9-8-26-6-4-16(28)5-7-26)10-23-25(31)24-21(30)11-17(29)12-22(24)33-23/h2-3,10-14,16,28-30H,4-9H2,1H3. The molecule has 1 aromatic heterocycles. The monoisotopic (exact) mass is 450 g/mol. The maximum atomic E-state index is 12.9. The van der Waals surface area contributed by atoms with Crippen molar-refractivity contribution in [2.45, 2.75) is 25.5 Å². The molecule has 0 radical (unpaired) electrons. The Balaban J connectivity index is 1.48. The first-order valence-corrected chi connectivity index (χ1v) is 11.0. The second-order valence-corrected chi connectivity index (χ2v) is 8.51. The molecule has 172 valence electrons. The number of nitrogens with zero attached hydrogens (tertiary/aromatic N) is 2. The number of aliphatic hydroxyl groups excluding tert-OH is 1. The highest BCUT2D eigenvalue weighted by Gasteiger charge is 2.31. The third-order valence-corrected chi connectivity index (χ3v) is 6.36. The van der Waals surface area contributed by atoms with Gasteiger partial charge in [0, 0.05) is 61.0 Å². The number of fused-ring (bicyclic) bond motifs is 2. The Morgan fingerprint density at radius 3 is 2.70 bits per heavy atom. The number of ketones is 1. The van der Waals surface area contributed by atoms with Gasteiger partial charge in [0.2, 0.25) is 5.78 Å². The van der Waals surface area contributed by atoms with Crippen LogP contribution in [-0.2, 0) is 6.54 Å². The van der Waals surface area contributed by atoms with E-state index in [4.69, 9.17) is 9.47 Å². The number of carbonyl (C=O) groups excluding carboxylic acids is 1. The molecule has 0 amide bonds. The molecule has 8 nitrogen and oxygen atoms in total. The first kappa shape index (κ1) is 21.4. The lowest BCUT2D eigenvalue weighted by atomic mass is 10.1. The fraction of sp³-hybridized carbons (Fsp3) is 0.320. The van der Waals surface area contributed by atoms with Gasteiger partial charge in [0.1, 0.15) is 28.6 Å². The molecule has 33 heavy (non-hydrogen) atoms. The van der Waals surface area contributed by atoms with Crippen molar-refractivity contribution in [2.24, 2.45) is 0 Å². The average molecular weight is 450 g/mol. The third kappa shape index (κ3) is 4.03. The number of Topliss-reactive ketones (excluding diaryl/α,β-unsaturated/α-hetero) is 1. The van der Waals surface area contributed by atoms with Gasteiger partial charge in [0.15, 0.2) is 5.76 Å². The number of benzene rings is 2. The van der Waals surface area contributed by atoms with Gasteiger partial charge in [-0.1, -0.05) is 0 Å². The molecule has 0 unspecified atom stereocenters. The predicted molar refractivity (Wildman–Crippen MR) is 123 cm³/mol. The van der Waals surface area contributed by atoms with Crippen molar-refractivity contribution >= 4 is 22.8 Å². The van der Waals surface area contributed by atoms with E-state index in [9.17, 15) is 20.1 Å². The minimum atomic E-state index is -0.432. The molecule has 3 aromatic rings. The van der Waals surface area contributed by atoms with Crippen molar-refractivity contribution in [3.63, 3.8) is 0 Å². The fourth-order valence-corrected chi connectivity index (χ4v) is 4.54. The average Bonchev–Trinajstić information content (AvgIpc) is 3.30. The van der Waals surface area contributed by atoms with Crippen LogP contribution in [0.3, 0.4) is 0 Å². The maximum Gasteiger partial charge on any atom is 0.235 e. The van der Waals surface area contributed by atoms with E-state index in [1.807, 2.05) is 24.4 Å². The van der Waals surface area contributed by atoms with E-state index in [-0.39, 0.29) is 34.7 Å². The van der Waals surface area contributed by atoms with Gasteiger partial charge in [-0.2, -0.15) is 0 Å². The van der Waals surface area contributed by atoms with Crippen LogP contribution in [-0.4, -0.2) is 63.4 Å². The van der Waals surface area contributed by atoms with Gasteiger partial charge < -0.3 is 34.3 Å². The molecule has 1 saturated heterocycles. The van der Waals surface area contributed by atoms with Crippen molar-refractivity contribution in [3.8, 4) is 23.0 Å². The summed E-state index contributed by atoms with van der Waals surface area (Å²) in [6, 6.07) is 8.26. The third-order valence-electron chi connectivity index (χ3n) is 6.36. The molecule has 8 heteroatoms. The highest BCUT2D eigenvalue weighted by atomic mass is 16.5. The van der Waals surface area contributed by atoms with Gasteiger partial charge in [-0.3, -0.25) is 4.79 Å². The number of hydrogen-bond acceptors (Lipinski definition) is 7. The number of aromatic hydroxyl groups is 2. The fourth-order valence-electron chi connectivity index (χ4n) is 4.54. The zero-order valence-electron chi connectivity index (χ0n) is 18.3. The Hall–Kier alpha value is -3.49. The first-order valence-electron chi connectivity index (χ1n) is 11.0. The van der Waals surface area contributed by atoms with Crippen LogP contribution in [0, 0.1) is 0 Å². The molecule has 0 spiro atoms. The lowest BCUT2D eigenvalue weighted by Crippen LogP contribution is -2.37. The molecule has 0 saturated carbocycles. The topological polar surface area (TPSA) is 104 Å². The number of allylic oxidation sites excluding steroid dienone is 1. The van der Waals surface area contributed by atoms with E-state index in [1.165, 1.54) is 6.07 Å². The Morgan fingerprint density at radius 1 is 1.15 bits per heavy atom. The van der Waals surface area contributed by atoms with E-state index in [0.717, 1.165) is 61.6 Å². The summed E-state index contributed by atoms with van der Waals surface area (Å²) < 4.78 is 13.2. The quantitative estimate of drug-likeness (QED) is 0.513. The van der Waals surface area contributed by atoms with Gasteiger partial charge >= 0.3 is 0 Å². The number of phenolic OH excluding ortho intramolecular Hbond substituents is 2. The van der Waals surface area contributed by atoms with Crippen molar-refractivity contribution in [3.05, 3.63) is 53.4 Å². The van der Waals surface area contributed by atoms with Crippen LogP contribution in [0.25, 0.3) is 17.0 Å². The van der Waals surface area contributed by atoms with Crippen molar-refractivity contribution in [2.75, 3.05) is 26.7 Å². The van der Waals surface area contributed by atoms with Crippen LogP contribution >= 0.6 is 0 Å². The Morgan fingerprint density at radius 2 is 1.94 bits per heavy atom. The second-order valence-electron chi connectivity index (χ2n) is 8.51. The minimum absolute atomic E-state index is 0.0488. The Bertz CT molecular complexity index is 1250. The summed E-state index contributed by atoms with van der Waals surface area (Å²) in [6.07, 6.45) is 5.03. The Kier molecular flexibility index (Phi) is 5.47. The zero-order valence-corrected chi connectivity index (χ0v) is 18.3. The summed E-state index contributed by atoms with van der Waals surface area (Å²) in [4.78, 5) is 15.2. The van der Waals surface area contributed by atoms with Crippen molar-refractivity contribution in [1.29, 1.82) is 0 Å². The molecule has 0 aliphatic carbocycles. The van der Waals surface area contributed by atoms with E-state index >= 15 is 0 Å². The molecule has 2 aliphatic rings. The normalized spacial score (nSPS) is 18.1. The number of aliphatic hydroxyl groups is 1. The molecule has 1 fully saturated rings. The molecule has 0 atom stereocenters. The van der Waals surface area contributed by atoms with Crippen LogP contribution in [0.2, 0.25) is 0 Å². The molecular formula is C25H26N2O6. The molecular weight excluding hydrogens is 424 g/mol. The number of likely N-dealkylation sites (tertiary alicyclic amines) is 1. The van der Waals surface area contributed by atoms with E-state index < -0.39 is 5.78 Å². The number of rotatable bonds is 5. The smallest absolute Gasteiger partial charge is 0.235 e. The maximum absolute atomic E-state index is 12.9. The molecule has 3 N–H and O–H groups in total. The molecule has 0 bridgehead atoms. The summed E-state index contributed by atoms with van der Waals surface area (Å²) >= 11 is 0. The van der Waals surface area contributed by atoms with Crippen LogP contribution in [0.4, 0.5) is 0 Å². The zero-order chi connectivity index (χ0) is 23.1. The van der Waals surface area contributed by atoms with E-state index in [0.29, 0.717) is 5.75 Å². The van der Waals surface area contributed by atoms with Crippen molar-refractivity contribution < 1.29 is 29.6 Å². The van der Waals surface area contributed by atoms with E-state index in [1.54, 1.807) is 13.2 Å². The van der Waals surface area contributed by atoms with Gasteiger partial charge in [-0.15, -0.1) is 0 Å². The highest BCUT2D eigenvalue weighted by molar-refractivity contribution is 6.16. The number of methoxy groups -OCH3 is 1. The molecule has 2 aromatic carbocycles.